The van der Waals surface area contributed by atoms with E-state index in [-0.39, 0.29) is 12.0 Å². The molecule has 1 aliphatic rings. The van der Waals surface area contributed by atoms with Gasteiger partial charge in [0, 0.05) is 12.7 Å². The number of hydrogen-bond donors (Lipinski definition) is 1. The molecular formula is C21H23NO3. The summed E-state index contributed by atoms with van der Waals surface area (Å²) in [5, 5.41) is 2.89. The molecule has 0 aliphatic carbocycles. The summed E-state index contributed by atoms with van der Waals surface area (Å²) in [5.74, 6) is 0.492. The molecule has 0 bridgehead atoms. The van der Waals surface area contributed by atoms with E-state index in [4.69, 9.17) is 9.47 Å². The number of benzene rings is 2. The Labute approximate surface area is 148 Å². The van der Waals surface area contributed by atoms with E-state index in [9.17, 15) is 4.79 Å². The fourth-order valence-corrected chi connectivity index (χ4v) is 2.72. The zero-order valence-corrected chi connectivity index (χ0v) is 14.4. The molecule has 1 heterocycles. The van der Waals surface area contributed by atoms with Gasteiger partial charge in [-0.1, -0.05) is 36.4 Å². The van der Waals surface area contributed by atoms with Gasteiger partial charge in [0.2, 0.25) is 5.91 Å². The molecule has 0 aromatic heterocycles. The molecule has 0 saturated carbocycles. The molecule has 1 aliphatic heterocycles. The van der Waals surface area contributed by atoms with Crippen molar-refractivity contribution >= 4 is 17.7 Å². The van der Waals surface area contributed by atoms with Gasteiger partial charge in [0.1, 0.15) is 12.4 Å². The third kappa shape index (κ3) is 5.19. The van der Waals surface area contributed by atoms with Gasteiger partial charge in [-0.2, -0.15) is 0 Å². The Bertz CT molecular complexity index is 734. The minimum atomic E-state index is -0.185. The normalized spacial score (nSPS) is 16.9. The van der Waals surface area contributed by atoms with Crippen molar-refractivity contribution in [2.45, 2.75) is 25.9 Å². The SMILES string of the molecule is Cc1ccc(NC(=O)C=Cc2ccccc2)c(OCC2CCCO2)c1. The second-order valence-electron chi connectivity index (χ2n) is 6.18. The lowest BCUT2D eigenvalue weighted by atomic mass is 10.2. The first-order chi connectivity index (χ1) is 12.2. The van der Waals surface area contributed by atoms with Crippen molar-refractivity contribution in [1.29, 1.82) is 0 Å². The largest absolute Gasteiger partial charge is 0.489 e. The number of amides is 1. The first-order valence-electron chi connectivity index (χ1n) is 8.60. The first-order valence-corrected chi connectivity index (χ1v) is 8.60. The maximum absolute atomic E-state index is 12.2. The summed E-state index contributed by atoms with van der Waals surface area (Å²) in [6, 6.07) is 15.5. The van der Waals surface area contributed by atoms with Crippen LogP contribution in [0.5, 0.6) is 5.75 Å². The van der Waals surface area contributed by atoms with E-state index in [1.165, 1.54) is 6.08 Å². The van der Waals surface area contributed by atoms with Gasteiger partial charge in [0.25, 0.3) is 0 Å². The van der Waals surface area contributed by atoms with Crippen LogP contribution < -0.4 is 10.1 Å². The minimum Gasteiger partial charge on any atom is -0.489 e. The van der Waals surface area contributed by atoms with Gasteiger partial charge >= 0.3 is 0 Å². The molecule has 1 unspecified atom stereocenters. The fraction of sp³-hybridized carbons (Fsp3) is 0.286. The summed E-state index contributed by atoms with van der Waals surface area (Å²) < 4.78 is 11.5. The molecular weight excluding hydrogens is 314 g/mol. The van der Waals surface area contributed by atoms with Crippen LogP contribution >= 0.6 is 0 Å². The van der Waals surface area contributed by atoms with Gasteiger partial charge in [-0.05, 0) is 49.1 Å². The summed E-state index contributed by atoms with van der Waals surface area (Å²) >= 11 is 0. The number of ether oxygens (including phenoxy) is 2. The summed E-state index contributed by atoms with van der Waals surface area (Å²) in [7, 11) is 0. The Kier molecular flexibility index (Phi) is 5.86. The van der Waals surface area contributed by atoms with Crippen molar-refractivity contribution in [3.05, 3.63) is 65.7 Å². The molecule has 25 heavy (non-hydrogen) atoms. The molecule has 0 radical (unpaired) electrons. The predicted octanol–water partition coefficient (Wildman–Crippen LogP) is 4.20. The number of aryl methyl sites for hydroxylation is 1. The molecule has 3 rings (SSSR count). The fourth-order valence-electron chi connectivity index (χ4n) is 2.72. The van der Waals surface area contributed by atoms with Crippen LogP contribution in [0.15, 0.2) is 54.6 Å². The quantitative estimate of drug-likeness (QED) is 0.804. The van der Waals surface area contributed by atoms with E-state index in [1.807, 2.05) is 55.5 Å². The van der Waals surface area contributed by atoms with Gasteiger partial charge < -0.3 is 14.8 Å². The van der Waals surface area contributed by atoms with Crippen LogP contribution in [0.1, 0.15) is 24.0 Å². The van der Waals surface area contributed by atoms with Crippen molar-refractivity contribution in [3.63, 3.8) is 0 Å². The standard InChI is InChI=1S/C21H23NO3/c1-16-9-11-19(20(14-16)25-15-18-8-5-13-24-18)22-21(23)12-10-17-6-3-2-4-7-17/h2-4,6-7,9-12,14,18H,5,8,13,15H2,1H3,(H,22,23). The molecule has 130 valence electrons. The molecule has 1 atom stereocenters. The van der Waals surface area contributed by atoms with Crippen LogP contribution in [0, 0.1) is 6.92 Å². The zero-order chi connectivity index (χ0) is 17.5. The van der Waals surface area contributed by atoms with Gasteiger partial charge in [-0.3, -0.25) is 4.79 Å². The molecule has 1 N–H and O–H groups in total. The Morgan fingerprint density at radius 1 is 1.28 bits per heavy atom. The Hall–Kier alpha value is -2.59. The topological polar surface area (TPSA) is 47.6 Å². The monoisotopic (exact) mass is 337 g/mol. The molecule has 1 amide bonds. The lowest BCUT2D eigenvalue weighted by Gasteiger charge is -2.15. The Balaban J connectivity index is 1.64. The zero-order valence-electron chi connectivity index (χ0n) is 14.4. The van der Waals surface area contributed by atoms with Crippen molar-refractivity contribution in [2.75, 3.05) is 18.5 Å². The van der Waals surface area contributed by atoms with Gasteiger partial charge in [-0.25, -0.2) is 0 Å². The molecule has 4 nitrogen and oxygen atoms in total. The number of nitrogens with one attached hydrogen (secondary N) is 1. The molecule has 0 spiro atoms. The lowest BCUT2D eigenvalue weighted by Crippen LogP contribution is -2.17. The third-order valence-electron chi connectivity index (χ3n) is 4.07. The van der Waals surface area contributed by atoms with Crippen LogP contribution in [-0.2, 0) is 9.53 Å². The Morgan fingerprint density at radius 3 is 2.88 bits per heavy atom. The van der Waals surface area contributed by atoms with E-state index in [2.05, 4.69) is 5.32 Å². The summed E-state index contributed by atoms with van der Waals surface area (Å²) in [6.07, 6.45) is 5.56. The minimum absolute atomic E-state index is 0.141. The molecule has 1 saturated heterocycles. The highest BCUT2D eigenvalue weighted by Gasteiger charge is 2.17. The van der Waals surface area contributed by atoms with Crippen LogP contribution in [0.4, 0.5) is 5.69 Å². The summed E-state index contributed by atoms with van der Waals surface area (Å²) in [6.45, 7) is 3.31. The summed E-state index contributed by atoms with van der Waals surface area (Å²) in [5.41, 5.74) is 2.74. The van der Waals surface area contributed by atoms with E-state index < -0.39 is 0 Å². The second kappa shape index (κ2) is 8.49. The average Bonchev–Trinajstić information content (AvgIpc) is 3.14. The third-order valence-corrected chi connectivity index (χ3v) is 4.07. The van der Waals surface area contributed by atoms with E-state index in [0.29, 0.717) is 18.0 Å². The molecule has 1 fully saturated rings. The highest BCUT2D eigenvalue weighted by molar-refractivity contribution is 6.02. The van der Waals surface area contributed by atoms with Crippen LogP contribution in [-0.4, -0.2) is 25.2 Å². The van der Waals surface area contributed by atoms with Crippen molar-refractivity contribution in [1.82, 2.24) is 0 Å². The van der Waals surface area contributed by atoms with Crippen molar-refractivity contribution < 1.29 is 14.3 Å². The number of anilines is 1. The van der Waals surface area contributed by atoms with E-state index in [0.717, 1.165) is 30.6 Å². The summed E-state index contributed by atoms with van der Waals surface area (Å²) in [4.78, 5) is 12.2. The van der Waals surface area contributed by atoms with E-state index in [1.54, 1.807) is 6.08 Å². The number of hydrogen-bond acceptors (Lipinski definition) is 3. The maximum Gasteiger partial charge on any atom is 0.248 e. The van der Waals surface area contributed by atoms with Gasteiger partial charge in [0.15, 0.2) is 0 Å². The molecule has 4 heteroatoms. The number of rotatable bonds is 6. The highest BCUT2D eigenvalue weighted by atomic mass is 16.5. The number of carbonyl (C=O) groups is 1. The van der Waals surface area contributed by atoms with Crippen molar-refractivity contribution in [2.24, 2.45) is 0 Å². The van der Waals surface area contributed by atoms with Crippen LogP contribution in [0.2, 0.25) is 0 Å². The smallest absolute Gasteiger partial charge is 0.248 e. The Morgan fingerprint density at radius 2 is 2.12 bits per heavy atom. The maximum atomic E-state index is 12.2. The van der Waals surface area contributed by atoms with Gasteiger partial charge in [0.05, 0.1) is 11.8 Å². The first kappa shape index (κ1) is 17.2. The molecule has 2 aromatic carbocycles. The predicted molar refractivity (Wildman–Crippen MR) is 99.8 cm³/mol. The van der Waals surface area contributed by atoms with Crippen molar-refractivity contribution in [3.8, 4) is 5.75 Å². The lowest BCUT2D eigenvalue weighted by molar-refractivity contribution is -0.111. The second-order valence-corrected chi connectivity index (χ2v) is 6.18. The molecule has 2 aromatic rings. The van der Waals surface area contributed by atoms with Crippen LogP contribution in [0.25, 0.3) is 6.08 Å². The van der Waals surface area contributed by atoms with Gasteiger partial charge in [-0.15, -0.1) is 0 Å². The van der Waals surface area contributed by atoms with Crippen LogP contribution in [0.3, 0.4) is 0 Å². The highest BCUT2D eigenvalue weighted by Crippen LogP contribution is 2.27. The van der Waals surface area contributed by atoms with E-state index >= 15 is 0 Å². The number of carbonyl (C=O) groups excluding carboxylic acids is 1. The average molecular weight is 337 g/mol.